The second kappa shape index (κ2) is 9.65. The number of thiocarbonyl (C=S) groups is 1. The minimum Gasteiger partial charge on any atom is -0.325 e. The van der Waals surface area contributed by atoms with Gasteiger partial charge in [0.25, 0.3) is 5.91 Å². The van der Waals surface area contributed by atoms with E-state index in [0.29, 0.717) is 9.23 Å². The van der Waals surface area contributed by atoms with Gasteiger partial charge in [-0.25, -0.2) is 0 Å². The number of alkyl halides is 3. The first-order valence-electron chi connectivity index (χ1n) is 9.49. The fourth-order valence-electron chi connectivity index (χ4n) is 2.96. The number of halogens is 3. The van der Waals surface area contributed by atoms with E-state index in [1.54, 1.807) is 6.08 Å². The highest BCUT2D eigenvalue weighted by atomic mass is 32.2. The van der Waals surface area contributed by atoms with Gasteiger partial charge in [0.05, 0.1) is 16.2 Å². The van der Waals surface area contributed by atoms with E-state index < -0.39 is 17.6 Å². The molecular formula is C22H19F3N2O2S2. The van der Waals surface area contributed by atoms with Crippen LogP contribution in [0.1, 0.15) is 30.0 Å². The number of anilines is 1. The molecule has 0 saturated carbocycles. The van der Waals surface area contributed by atoms with E-state index in [4.69, 9.17) is 12.2 Å². The minimum atomic E-state index is -4.58. The Morgan fingerprint density at radius 1 is 1.16 bits per heavy atom. The van der Waals surface area contributed by atoms with Crippen LogP contribution in [-0.2, 0) is 22.2 Å². The average molecular weight is 465 g/mol. The number of nitrogens with one attached hydrogen (secondary N) is 1. The number of rotatable bonds is 6. The predicted octanol–water partition coefficient (Wildman–Crippen LogP) is 5.50. The van der Waals surface area contributed by atoms with Crippen molar-refractivity contribution in [1.82, 2.24) is 4.90 Å². The molecule has 3 rings (SSSR count). The molecule has 162 valence electrons. The van der Waals surface area contributed by atoms with Crippen LogP contribution in [0.5, 0.6) is 0 Å². The van der Waals surface area contributed by atoms with E-state index >= 15 is 0 Å². The normalized spacial score (nSPS) is 15.6. The Hall–Kier alpha value is -2.65. The van der Waals surface area contributed by atoms with E-state index in [1.165, 1.54) is 28.7 Å². The van der Waals surface area contributed by atoms with Gasteiger partial charge in [-0.2, -0.15) is 13.2 Å². The predicted molar refractivity (Wildman–Crippen MR) is 120 cm³/mol. The van der Waals surface area contributed by atoms with Crippen LogP contribution in [-0.4, -0.2) is 27.6 Å². The molecule has 0 radical (unpaired) electrons. The van der Waals surface area contributed by atoms with Crippen LogP contribution in [0.4, 0.5) is 18.9 Å². The van der Waals surface area contributed by atoms with Crippen molar-refractivity contribution in [3.05, 3.63) is 70.1 Å². The maximum absolute atomic E-state index is 13.1. The fourth-order valence-corrected chi connectivity index (χ4v) is 4.27. The number of carbonyl (C=O) groups is 2. The van der Waals surface area contributed by atoms with Gasteiger partial charge in [0, 0.05) is 13.0 Å². The first-order valence-corrected chi connectivity index (χ1v) is 10.7. The average Bonchev–Trinajstić information content (AvgIpc) is 2.99. The van der Waals surface area contributed by atoms with Gasteiger partial charge in [-0.3, -0.25) is 14.5 Å². The Bertz CT molecular complexity index is 1030. The number of thioether (sulfide) groups is 1. The van der Waals surface area contributed by atoms with E-state index in [2.05, 4.69) is 12.2 Å². The lowest BCUT2D eigenvalue weighted by Gasteiger charge is -2.16. The van der Waals surface area contributed by atoms with Crippen molar-refractivity contribution in [2.24, 2.45) is 0 Å². The fraction of sp³-hybridized carbons (Fsp3) is 0.227. The van der Waals surface area contributed by atoms with Gasteiger partial charge in [-0.15, -0.1) is 0 Å². The van der Waals surface area contributed by atoms with Crippen molar-refractivity contribution in [2.45, 2.75) is 25.9 Å². The van der Waals surface area contributed by atoms with Gasteiger partial charge in [0.1, 0.15) is 4.32 Å². The largest absolute Gasteiger partial charge is 0.418 e. The molecule has 0 aromatic heterocycles. The molecular weight excluding hydrogens is 445 g/mol. The molecule has 0 spiro atoms. The lowest BCUT2D eigenvalue weighted by molar-refractivity contribution is -0.137. The highest BCUT2D eigenvalue weighted by molar-refractivity contribution is 8.26. The number of benzene rings is 2. The molecule has 1 fully saturated rings. The Balaban J connectivity index is 1.63. The van der Waals surface area contributed by atoms with Crippen molar-refractivity contribution in [2.75, 3.05) is 11.9 Å². The molecule has 9 heteroatoms. The van der Waals surface area contributed by atoms with E-state index in [-0.39, 0.29) is 24.6 Å². The summed E-state index contributed by atoms with van der Waals surface area (Å²) in [4.78, 5) is 26.6. The molecule has 31 heavy (non-hydrogen) atoms. The van der Waals surface area contributed by atoms with Crippen LogP contribution in [0.3, 0.4) is 0 Å². The van der Waals surface area contributed by atoms with Crippen LogP contribution in [0.2, 0.25) is 0 Å². The summed E-state index contributed by atoms with van der Waals surface area (Å²) in [6, 6.07) is 12.5. The highest BCUT2D eigenvalue weighted by Gasteiger charge is 2.34. The lowest BCUT2D eigenvalue weighted by atomic mass is 10.1. The SMILES string of the molecule is CCc1ccc(C=C2SC(=S)N(CCC(=O)Nc3ccccc3C(F)(F)F)C2=O)cc1. The first kappa shape index (κ1) is 23.0. The number of hydrogen-bond donors (Lipinski definition) is 1. The third kappa shape index (κ3) is 5.74. The van der Waals surface area contributed by atoms with Crippen LogP contribution in [0.25, 0.3) is 6.08 Å². The summed E-state index contributed by atoms with van der Waals surface area (Å²) in [5.41, 5.74) is 0.800. The minimum absolute atomic E-state index is 0.0171. The highest BCUT2D eigenvalue weighted by Crippen LogP contribution is 2.35. The van der Waals surface area contributed by atoms with Gasteiger partial charge in [-0.1, -0.05) is 67.3 Å². The first-order chi connectivity index (χ1) is 14.7. The number of hydrogen-bond acceptors (Lipinski definition) is 4. The molecule has 1 heterocycles. The van der Waals surface area contributed by atoms with Crippen molar-refractivity contribution >= 4 is 51.9 Å². The van der Waals surface area contributed by atoms with Crippen molar-refractivity contribution in [1.29, 1.82) is 0 Å². The Kier molecular flexibility index (Phi) is 7.17. The van der Waals surface area contributed by atoms with Gasteiger partial charge in [0.2, 0.25) is 5.91 Å². The second-order valence-corrected chi connectivity index (χ2v) is 8.45. The molecule has 2 aromatic carbocycles. The van der Waals surface area contributed by atoms with Crippen LogP contribution in [0, 0.1) is 0 Å². The molecule has 0 unspecified atom stereocenters. The zero-order valence-corrected chi connectivity index (χ0v) is 18.2. The van der Waals surface area contributed by atoms with Crippen LogP contribution >= 0.6 is 24.0 Å². The lowest BCUT2D eigenvalue weighted by Crippen LogP contribution is -2.31. The maximum Gasteiger partial charge on any atom is 0.418 e. The summed E-state index contributed by atoms with van der Waals surface area (Å²) in [6.07, 6.45) is -2.12. The smallest absolute Gasteiger partial charge is 0.325 e. The summed E-state index contributed by atoms with van der Waals surface area (Å²) in [7, 11) is 0. The molecule has 1 aliphatic heterocycles. The molecule has 1 aliphatic rings. The van der Waals surface area contributed by atoms with E-state index in [0.717, 1.165) is 29.8 Å². The van der Waals surface area contributed by atoms with Crippen molar-refractivity contribution < 1.29 is 22.8 Å². The molecule has 0 atom stereocenters. The van der Waals surface area contributed by atoms with Crippen molar-refractivity contribution in [3.8, 4) is 0 Å². The van der Waals surface area contributed by atoms with Crippen LogP contribution in [0.15, 0.2) is 53.4 Å². The zero-order valence-electron chi connectivity index (χ0n) is 16.5. The molecule has 0 aliphatic carbocycles. The van der Waals surface area contributed by atoms with E-state index in [1.807, 2.05) is 24.3 Å². The van der Waals surface area contributed by atoms with Gasteiger partial charge in [0.15, 0.2) is 0 Å². The monoisotopic (exact) mass is 464 g/mol. The number of nitrogens with zero attached hydrogens (tertiary/aromatic N) is 1. The van der Waals surface area contributed by atoms with Gasteiger partial charge >= 0.3 is 6.18 Å². The number of para-hydroxylation sites is 1. The Morgan fingerprint density at radius 2 is 1.84 bits per heavy atom. The second-order valence-electron chi connectivity index (χ2n) is 6.77. The molecule has 4 nitrogen and oxygen atoms in total. The van der Waals surface area contributed by atoms with Gasteiger partial charge < -0.3 is 5.32 Å². The number of amides is 2. The quantitative estimate of drug-likeness (QED) is 0.453. The maximum atomic E-state index is 13.1. The van der Waals surface area contributed by atoms with Gasteiger partial charge in [-0.05, 0) is 35.8 Å². The Morgan fingerprint density at radius 3 is 2.48 bits per heavy atom. The zero-order chi connectivity index (χ0) is 22.6. The summed E-state index contributed by atoms with van der Waals surface area (Å²) >= 11 is 6.38. The third-order valence-electron chi connectivity index (χ3n) is 4.63. The summed E-state index contributed by atoms with van der Waals surface area (Å²) in [5, 5.41) is 2.27. The summed E-state index contributed by atoms with van der Waals surface area (Å²) < 4.78 is 39.5. The van der Waals surface area contributed by atoms with Crippen LogP contribution < -0.4 is 5.32 Å². The molecule has 1 saturated heterocycles. The standard InChI is InChI=1S/C22H19F3N2O2S2/c1-2-14-7-9-15(10-8-14)13-18-20(29)27(21(30)31-18)12-11-19(28)26-17-6-4-3-5-16(17)22(23,24)25/h3-10,13H,2,11-12H2,1H3,(H,26,28). The van der Waals surface area contributed by atoms with E-state index in [9.17, 15) is 22.8 Å². The Labute approximate surface area is 187 Å². The number of aryl methyl sites for hydroxylation is 1. The third-order valence-corrected chi connectivity index (χ3v) is 6.01. The molecule has 1 N–H and O–H groups in total. The number of carbonyl (C=O) groups excluding carboxylic acids is 2. The molecule has 2 amide bonds. The molecule has 2 aromatic rings. The molecule has 0 bridgehead atoms. The van der Waals surface area contributed by atoms with Crippen molar-refractivity contribution in [3.63, 3.8) is 0 Å². The summed E-state index contributed by atoms with van der Waals surface area (Å²) in [6.45, 7) is 2.04. The summed E-state index contributed by atoms with van der Waals surface area (Å²) in [5.74, 6) is -0.956. The topological polar surface area (TPSA) is 49.4 Å².